The Morgan fingerprint density at radius 2 is 2.04 bits per heavy atom. The Kier molecular flexibility index (Phi) is 3.77. The van der Waals surface area contributed by atoms with Crippen molar-refractivity contribution in [3.05, 3.63) is 42.0 Å². The molecule has 2 aromatic heterocycles. The van der Waals surface area contributed by atoms with Gasteiger partial charge >= 0.3 is 6.01 Å². The summed E-state index contributed by atoms with van der Waals surface area (Å²) in [6.07, 6.45) is 2.57. The molecule has 0 spiro atoms. The number of amides is 1. The lowest BCUT2D eigenvalue weighted by Gasteiger charge is -2.16. The molecule has 1 unspecified atom stereocenters. The van der Waals surface area contributed by atoms with Crippen molar-refractivity contribution < 1.29 is 13.9 Å². The number of nitrogens with zero attached hydrogens (tertiary/aromatic N) is 5. The Bertz CT molecular complexity index is 885. The van der Waals surface area contributed by atoms with Crippen molar-refractivity contribution in [2.45, 2.75) is 12.5 Å². The first-order chi connectivity index (χ1) is 11.7. The van der Waals surface area contributed by atoms with Crippen molar-refractivity contribution in [1.82, 2.24) is 23.6 Å². The number of carbonyl (C=O) groups excluding carboxylic acids is 1. The predicted octanol–water partition coefficient (Wildman–Crippen LogP) is 1.91. The van der Waals surface area contributed by atoms with E-state index in [1.807, 2.05) is 0 Å². The predicted molar refractivity (Wildman–Crippen MR) is 84.3 cm³/mol. The number of aromatic nitrogens is 4. The fourth-order valence-electron chi connectivity index (χ4n) is 2.62. The van der Waals surface area contributed by atoms with Crippen molar-refractivity contribution in [2.24, 2.45) is 0 Å². The summed E-state index contributed by atoms with van der Waals surface area (Å²) >= 11 is 1.12. The molecule has 0 N–H and O–H groups in total. The van der Waals surface area contributed by atoms with E-state index in [9.17, 15) is 9.18 Å². The minimum atomic E-state index is -0.516. The van der Waals surface area contributed by atoms with E-state index in [-0.39, 0.29) is 18.0 Å². The first-order valence-electron chi connectivity index (χ1n) is 7.35. The highest BCUT2D eigenvalue weighted by molar-refractivity contribution is 7.00. The van der Waals surface area contributed by atoms with Crippen molar-refractivity contribution in [1.29, 1.82) is 0 Å². The summed E-state index contributed by atoms with van der Waals surface area (Å²) in [5.41, 5.74) is 2.08. The second kappa shape index (κ2) is 6.08. The second-order valence-corrected chi connectivity index (χ2v) is 5.96. The number of fused-ring (bicyclic) bond motifs is 1. The van der Waals surface area contributed by atoms with Crippen LogP contribution in [0.15, 0.2) is 30.6 Å². The average Bonchev–Trinajstić information content (AvgIpc) is 3.24. The number of hydrogen-bond donors (Lipinski definition) is 0. The van der Waals surface area contributed by atoms with Gasteiger partial charge in [-0.3, -0.25) is 4.79 Å². The zero-order chi connectivity index (χ0) is 16.5. The molecule has 0 radical (unpaired) electrons. The molecule has 122 valence electrons. The minimum Gasteiger partial charge on any atom is -0.458 e. The van der Waals surface area contributed by atoms with Gasteiger partial charge in [0.25, 0.3) is 5.91 Å². The third kappa shape index (κ3) is 2.90. The highest BCUT2D eigenvalue weighted by atomic mass is 32.1. The molecule has 9 heteroatoms. The largest absolute Gasteiger partial charge is 0.458 e. The fraction of sp³-hybridized carbons (Fsp3) is 0.267. The Morgan fingerprint density at radius 1 is 1.25 bits per heavy atom. The molecule has 24 heavy (non-hydrogen) atoms. The molecule has 0 saturated carbocycles. The highest BCUT2D eigenvalue weighted by Crippen LogP contribution is 2.20. The molecular weight excluding hydrogens is 333 g/mol. The number of hydrogen-bond acceptors (Lipinski definition) is 7. The van der Waals surface area contributed by atoms with E-state index in [4.69, 9.17) is 4.74 Å². The summed E-state index contributed by atoms with van der Waals surface area (Å²) in [5.74, 6) is -0.589. The summed E-state index contributed by atoms with van der Waals surface area (Å²) < 4.78 is 26.7. The molecule has 1 aromatic carbocycles. The molecule has 1 fully saturated rings. The van der Waals surface area contributed by atoms with Gasteiger partial charge in [0.2, 0.25) is 0 Å². The van der Waals surface area contributed by atoms with Gasteiger partial charge in [0.05, 0.1) is 30.7 Å². The number of benzene rings is 1. The van der Waals surface area contributed by atoms with E-state index < -0.39 is 5.82 Å². The van der Waals surface area contributed by atoms with Gasteiger partial charge in [-0.15, -0.1) is 0 Å². The van der Waals surface area contributed by atoms with Crippen molar-refractivity contribution in [3.63, 3.8) is 0 Å². The zero-order valence-corrected chi connectivity index (χ0v) is 13.2. The van der Waals surface area contributed by atoms with Crippen LogP contribution in [0.1, 0.15) is 16.8 Å². The van der Waals surface area contributed by atoms with Gasteiger partial charge in [-0.2, -0.15) is 8.75 Å². The van der Waals surface area contributed by atoms with Gasteiger partial charge < -0.3 is 9.64 Å². The van der Waals surface area contributed by atoms with Gasteiger partial charge in [0.1, 0.15) is 17.1 Å². The maximum absolute atomic E-state index is 12.8. The topological polar surface area (TPSA) is 81.1 Å². The van der Waals surface area contributed by atoms with Crippen LogP contribution in [0.2, 0.25) is 0 Å². The maximum Gasteiger partial charge on any atom is 0.316 e. The van der Waals surface area contributed by atoms with Gasteiger partial charge in [-0.1, -0.05) is 0 Å². The molecule has 4 rings (SSSR count). The van der Waals surface area contributed by atoms with Gasteiger partial charge in [-0.25, -0.2) is 14.4 Å². The third-order valence-electron chi connectivity index (χ3n) is 3.80. The molecule has 1 amide bonds. The Labute approximate surface area is 140 Å². The monoisotopic (exact) mass is 345 g/mol. The molecule has 1 saturated heterocycles. The van der Waals surface area contributed by atoms with E-state index in [1.165, 1.54) is 0 Å². The van der Waals surface area contributed by atoms with Gasteiger partial charge in [-0.05, 0) is 18.2 Å². The van der Waals surface area contributed by atoms with Crippen molar-refractivity contribution in [2.75, 3.05) is 13.1 Å². The van der Waals surface area contributed by atoms with Gasteiger partial charge in [0, 0.05) is 18.5 Å². The van der Waals surface area contributed by atoms with E-state index in [0.29, 0.717) is 25.1 Å². The summed E-state index contributed by atoms with van der Waals surface area (Å²) in [7, 11) is 0. The van der Waals surface area contributed by atoms with E-state index in [1.54, 1.807) is 23.1 Å². The molecule has 0 aliphatic carbocycles. The highest BCUT2D eigenvalue weighted by Gasteiger charge is 2.29. The lowest BCUT2D eigenvalue weighted by Crippen LogP contribution is -2.31. The molecule has 3 aromatic rings. The molecule has 0 bridgehead atoms. The lowest BCUT2D eigenvalue weighted by atomic mass is 10.2. The van der Waals surface area contributed by atoms with Crippen molar-refractivity contribution >= 4 is 28.7 Å². The van der Waals surface area contributed by atoms with Crippen LogP contribution in [0.3, 0.4) is 0 Å². The summed E-state index contributed by atoms with van der Waals surface area (Å²) in [4.78, 5) is 21.9. The van der Waals surface area contributed by atoms with Gasteiger partial charge in [0.15, 0.2) is 5.82 Å². The van der Waals surface area contributed by atoms with Crippen molar-refractivity contribution in [3.8, 4) is 6.01 Å². The number of rotatable bonds is 3. The Hall–Kier alpha value is -2.68. The molecule has 1 atom stereocenters. The summed E-state index contributed by atoms with van der Waals surface area (Å²) in [6, 6.07) is 5.41. The van der Waals surface area contributed by atoms with Crippen LogP contribution < -0.4 is 4.74 Å². The SMILES string of the molecule is O=C(c1ccc2nsnc2c1)N1CCC(Oc2ncc(F)cn2)C1. The third-order valence-corrected chi connectivity index (χ3v) is 4.36. The van der Waals surface area contributed by atoms with E-state index in [2.05, 4.69) is 18.7 Å². The molecule has 3 heterocycles. The van der Waals surface area contributed by atoms with Crippen LogP contribution >= 0.6 is 11.7 Å². The fourth-order valence-corrected chi connectivity index (χ4v) is 3.13. The van der Waals surface area contributed by atoms with Crippen LogP contribution in [0.5, 0.6) is 6.01 Å². The maximum atomic E-state index is 12.8. The van der Waals surface area contributed by atoms with Crippen LogP contribution in [0, 0.1) is 5.82 Å². The number of halogens is 1. The quantitative estimate of drug-likeness (QED) is 0.721. The van der Waals surface area contributed by atoms with Crippen LogP contribution in [0.4, 0.5) is 4.39 Å². The number of likely N-dealkylation sites (tertiary alicyclic amines) is 1. The smallest absolute Gasteiger partial charge is 0.316 e. The van der Waals surface area contributed by atoms with Crippen LogP contribution in [-0.2, 0) is 0 Å². The van der Waals surface area contributed by atoms with E-state index in [0.717, 1.165) is 35.2 Å². The summed E-state index contributed by atoms with van der Waals surface area (Å²) in [6.45, 7) is 1.02. The van der Waals surface area contributed by atoms with Crippen LogP contribution in [0.25, 0.3) is 11.0 Å². The first-order valence-corrected chi connectivity index (χ1v) is 8.08. The number of carbonyl (C=O) groups is 1. The standard InChI is InChI=1S/C15H12FN5O2S/c16-10-6-17-15(18-7-10)23-11-3-4-21(8-11)14(22)9-1-2-12-13(5-9)20-24-19-12/h1-2,5-7,11H,3-4,8H2. The lowest BCUT2D eigenvalue weighted by molar-refractivity contribution is 0.0770. The average molecular weight is 345 g/mol. The second-order valence-electron chi connectivity index (χ2n) is 5.43. The number of ether oxygens (including phenoxy) is 1. The first kappa shape index (κ1) is 14.9. The molecule has 1 aliphatic rings. The van der Waals surface area contributed by atoms with Crippen LogP contribution in [-0.4, -0.2) is 48.7 Å². The molecular formula is C15H12FN5O2S. The molecule has 7 nitrogen and oxygen atoms in total. The summed E-state index contributed by atoms with van der Waals surface area (Å²) in [5, 5.41) is 0. The Morgan fingerprint density at radius 3 is 2.88 bits per heavy atom. The zero-order valence-electron chi connectivity index (χ0n) is 12.4. The molecule has 1 aliphatic heterocycles. The normalized spacial score (nSPS) is 17.4. The van der Waals surface area contributed by atoms with E-state index >= 15 is 0 Å². The minimum absolute atomic E-state index is 0.0731. The Balaban J connectivity index is 1.43.